The highest BCUT2D eigenvalue weighted by Gasteiger charge is 2.14. The molecule has 1 rings (SSSR count). The molecule has 1 aromatic heterocycles. The first kappa shape index (κ1) is 13.9. The van der Waals surface area contributed by atoms with Crippen molar-refractivity contribution in [1.29, 1.82) is 0 Å². The molecule has 0 saturated carbocycles. The minimum absolute atomic E-state index is 0.183. The number of aliphatic imine (C=N–C) groups is 1. The highest BCUT2D eigenvalue weighted by molar-refractivity contribution is 7.15. The fraction of sp³-hybridized carbons (Fsp3) is 0.556. The molecule has 6 nitrogen and oxygen atoms in total. The lowest BCUT2D eigenvalue weighted by Crippen LogP contribution is -2.29. The molecule has 0 fully saturated rings. The highest BCUT2D eigenvalue weighted by atomic mass is 35.5. The van der Waals surface area contributed by atoms with Crippen LogP contribution in [0, 0.1) is 10.1 Å². The molecular formula is C9H13ClN4O2S. The highest BCUT2D eigenvalue weighted by Crippen LogP contribution is 2.26. The Labute approximate surface area is 108 Å². The van der Waals surface area contributed by atoms with Gasteiger partial charge in [-0.3, -0.25) is 15.1 Å². The van der Waals surface area contributed by atoms with Crippen molar-refractivity contribution in [2.24, 2.45) is 4.99 Å². The third-order valence-corrected chi connectivity index (χ3v) is 3.32. The van der Waals surface area contributed by atoms with Gasteiger partial charge in [-0.05, 0) is 6.92 Å². The maximum Gasteiger partial charge on any atom is 0.260 e. The summed E-state index contributed by atoms with van der Waals surface area (Å²) in [5, 5.41) is 10.5. The largest absolute Gasteiger partial charge is 0.361 e. The molecule has 0 bridgehead atoms. The molecule has 1 atom stereocenters. The Morgan fingerprint density at radius 1 is 1.76 bits per heavy atom. The van der Waals surface area contributed by atoms with Gasteiger partial charge in [-0.1, -0.05) is 11.6 Å². The Morgan fingerprint density at radius 3 is 2.82 bits per heavy atom. The van der Waals surface area contributed by atoms with Crippen LogP contribution < -0.4 is 0 Å². The summed E-state index contributed by atoms with van der Waals surface area (Å²) >= 11 is 7.06. The lowest BCUT2D eigenvalue weighted by atomic mass is 10.3. The number of thiazole rings is 1. The first-order valence-corrected chi connectivity index (χ1v) is 6.06. The van der Waals surface area contributed by atoms with Crippen LogP contribution in [0.4, 0.5) is 0 Å². The second-order valence-corrected chi connectivity index (χ2v) is 5.27. The maximum absolute atomic E-state index is 10.5. The Hall–Kier alpha value is -1.21. The summed E-state index contributed by atoms with van der Waals surface area (Å²) in [6.07, 6.45) is 1.64. The molecule has 0 aliphatic carbocycles. The third kappa shape index (κ3) is 4.27. The molecule has 94 valence electrons. The Kier molecular flexibility index (Phi) is 4.83. The lowest BCUT2D eigenvalue weighted by molar-refractivity contribution is -0.464. The van der Waals surface area contributed by atoms with Crippen LogP contribution in [0.5, 0.6) is 0 Å². The van der Waals surface area contributed by atoms with Crippen LogP contribution in [0.1, 0.15) is 17.8 Å². The van der Waals surface area contributed by atoms with Crippen LogP contribution in [0.15, 0.2) is 11.2 Å². The summed E-state index contributed by atoms with van der Waals surface area (Å²) in [6.45, 7) is 1.57. The maximum atomic E-state index is 10.5. The zero-order valence-corrected chi connectivity index (χ0v) is 11.3. The van der Waals surface area contributed by atoms with Gasteiger partial charge in [0.1, 0.15) is 0 Å². The van der Waals surface area contributed by atoms with Crippen LogP contribution in [-0.4, -0.2) is 41.3 Å². The summed E-state index contributed by atoms with van der Waals surface area (Å²) < 4.78 is 0.447. The van der Waals surface area contributed by atoms with E-state index in [9.17, 15) is 10.1 Å². The molecule has 1 heterocycles. The number of hydrogen-bond acceptors (Lipinski definition) is 5. The molecular weight excluding hydrogens is 264 g/mol. The van der Waals surface area contributed by atoms with Crippen molar-refractivity contribution >= 4 is 28.8 Å². The van der Waals surface area contributed by atoms with Gasteiger partial charge in [0, 0.05) is 25.2 Å². The van der Waals surface area contributed by atoms with E-state index in [0.717, 1.165) is 4.88 Å². The number of nitrogens with zero attached hydrogens (tertiary/aromatic N) is 4. The van der Waals surface area contributed by atoms with Crippen molar-refractivity contribution in [2.75, 3.05) is 20.6 Å². The Bertz CT molecular complexity index is 432. The molecule has 0 aromatic carbocycles. The fourth-order valence-electron chi connectivity index (χ4n) is 1.16. The number of rotatable bonds is 4. The first-order chi connectivity index (χ1) is 7.90. The molecule has 0 spiro atoms. The number of nitro groups is 1. The summed E-state index contributed by atoms with van der Waals surface area (Å²) in [5.41, 5.74) is 0. The molecule has 8 heteroatoms. The summed E-state index contributed by atoms with van der Waals surface area (Å²) in [6, 6.07) is -0.183. The monoisotopic (exact) mass is 276 g/mol. The van der Waals surface area contributed by atoms with Crippen molar-refractivity contribution in [3.05, 3.63) is 25.7 Å². The zero-order chi connectivity index (χ0) is 13.0. The number of hydrogen-bond donors (Lipinski definition) is 0. The second-order valence-electron chi connectivity index (χ2n) is 3.62. The standard InChI is InChI=1S/C9H13ClN4O2S/c1-6(7-4-11-9(10)17-7)12-8(13(2)3)5-14(15)16/h4,6H,5H2,1-3H3. The average Bonchev–Trinajstić information content (AvgIpc) is 2.63. The van der Waals surface area contributed by atoms with E-state index >= 15 is 0 Å². The number of aromatic nitrogens is 1. The molecule has 0 N–H and O–H groups in total. The van der Waals surface area contributed by atoms with Gasteiger partial charge in [-0.15, -0.1) is 11.3 Å². The molecule has 0 amide bonds. The Balaban J connectivity index is 2.86. The number of amidine groups is 1. The van der Waals surface area contributed by atoms with Gasteiger partial charge in [0.25, 0.3) is 6.54 Å². The quantitative estimate of drug-likeness (QED) is 0.365. The van der Waals surface area contributed by atoms with E-state index in [1.54, 1.807) is 25.2 Å². The van der Waals surface area contributed by atoms with Gasteiger partial charge in [-0.25, -0.2) is 4.98 Å². The SMILES string of the molecule is CC(N=C(C[N+](=O)[O-])N(C)C)c1cnc(Cl)s1. The van der Waals surface area contributed by atoms with E-state index in [4.69, 9.17) is 11.6 Å². The van der Waals surface area contributed by atoms with Crippen LogP contribution in [-0.2, 0) is 0 Å². The van der Waals surface area contributed by atoms with E-state index in [1.165, 1.54) is 11.3 Å². The van der Waals surface area contributed by atoms with Gasteiger partial charge >= 0.3 is 0 Å². The van der Waals surface area contributed by atoms with Crippen molar-refractivity contribution < 1.29 is 4.92 Å². The average molecular weight is 277 g/mol. The summed E-state index contributed by atoms with van der Waals surface area (Å²) in [5.74, 6) is 0.423. The zero-order valence-electron chi connectivity index (χ0n) is 9.75. The smallest absolute Gasteiger partial charge is 0.260 e. The minimum atomic E-state index is -0.398. The topological polar surface area (TPSA) is 71.6 Å². The molecule has 1 aromatic rings. The molecule has 0 radical (unpaired) electrons. The van der Waals surface area contributed by atoms with Crippen LogP contribution in [0.2, 0.25) is 4.47 Å². The summed E-state index contributed by atoms with van der Waals surface area (Å²) in [7, 11) is 3.46. The molecule has 17 heavy (non-hydrogen) atoms. The van der Waals surface area contributed by atoms with E-state index in [1.807, 2.05) is 6.92 Å². The van der Waals surface area contributed by atoms with Gasteiger partial charge in [0.15, 0.2) is 10.3 Å². The Morgan fingerprint density at radius 2 is 2.41 bits per heavy atom. The predicted octanol–water partition coefficient (Wildman–Crippen LogP) is 2.09. The van der Waals surface area contributed by atoms with Crippen molar-refractivity contribution in [3.63, 3.8) is 0 Å². The summed E-state index contributed by atoms with van der Waals surface area (Å²) in [4.78, 5) is 20.9. The van der Waals surface area contributed by atoms with Crippen LogP contribution in [0.3, 0.4) is 0 Å². The van der Waals surface area contributed by atoms with E-state index in [2.05, 4.69) is 9.98 Å². The lowest BCUT2D eigenvalue weighted by Gasteiger charge is -2.14. The van der Waals surface area contributed by atoms with Crippen LogP contribution in [0.25, 0.3) is 0 Å². The fourth-order valence-corrected chi connectivity index (χ4v) is 2.10. The van der Waals surface area contributed by atoms with Crippen molar-refractivity contribution in [3.8, 4) is 0 Å². The van der Waals surface area contributed by atoms with Gasteiger partial charge in [-0.2, -0.15) is 0 Å². The van der Waals surface area contributed by atoms with Gasteiger partial charge in [0.2, 0.25) is 0 Å². The van der Waals surface area contributed by atoms with Crippen molar-refractivity contribution in [2.45, 2.75) is 13.0 Å². The predicted molar refractivity (Wildman–Crippen MR) is 68.5 cm³/mol. The van der Waals surface area contributed by atoms with E-state index < -0.39 is 4.92 Å². The van der Waals surface area contributed by atoms with E-state index in [0.29, 0.717) is 10.3 Å². The second kappa shape index (κ2) is 5.92. The number of halogens is 1. The molecule has 0 saturated heterocycles. The van der Waals surface area contributed by atoms with E-state index in [-0.39, 0.29) is 12.6 Å². The molecule has 0 aliphatic heterocycles. The van der Waals surface area contributed by atoms with Gasteiger partial charge < -0.3 is 4.90 Å². The first-order valence-electron chi connectivity index (χ1n) is 4.87. The van der Waals surface area contributed by atoms with Crippen LogP contribution >= 0.6 is 22.9 Å². The molecule has 0 aliphatic rings. The minimum Gasteiger partial charge on any atom is -0.361 e. The third-order valence-electron chi connectivity index (χ3n) is 2.04. The number of likely N-dealkylation sites (N-methyl/N-ethyl adjacent to an activating group) is 1. The van der Waals surface area contributed by atoms with Crippen molar-refractivity contribution in [1.82, 2.24) is 9.88 Å². The van der Waals surface area contributed by atoms with Gasteiger partial charge in [0.05, 0.1) is 10.9 Å². The molecule has 1 unspecified atom stereocenters. The normalized spacial score (nSPS) is 13.5.